The Kier molecular flexibility index (Phi) is 7.77. The summed E-state index contributed by atoms with van der Waals surface area (Å²) in [5, 5.41) is 11.9. The summed E-state index contributed by atoms with van der Waals surface area (Å²) in [7, 11) is 1.96. The summed E-state index contributed by atoms with van der Waals surface area (Å²) < 4.78 is 0. The minimum atomic E-state index is -2.05. The van der Waals surface area contributed by atoms with Crippen LogP contribution in [-0.2, 0) is 10.4 Å². The van der Waals surface area contributed by atoms with Crippen LogP contribution < -0.4 is 10.6 Å². The Labute approximate surface area is 192 Å². The van der Waals surface area contributed by atoms with Gasteiger partial charge in [0.05, 0.1) is 10.7 Å². The predicted molar refractivity (Wildman–Crippen MR) is 122 cm³/mol. The molecule has 1 aliphatic heterocycles. The zero-order valence-corrected chi connectivity index (χ0v) is 19.0. The molecule has 0 saturated heterocycles. The van der Waals surface area contributed by atoms with E-state index in [4.69, 9.17) is 28.9 Å². The fourth-order valence-corrected chi connectivity index (χ4v) is 4.33. The molecule has 1 aliphatic rings. The summed E-state index contributed by atoms with van der Waals surface area (Å²) in [6.45, 7) is 3.83. The highest BCUT2D eigenvalue weighted by Crippen LogP contribution is 2.49. The van der Waals surface area contributed by atoms with Crippen LogP contribution >= 0.6 is 35.6 Å². The average Bonchev–Trinajstić information content (AvgIpc) is 2.89. The molecular formula is C21H24Cl3N3O3. The van der Waals surface area contributed by atoms with E-state index in [9.17, 15) is 14.7 Å². The fraction of sp³-hybridized carbons (Fsp3) is 0.333. The van der Waals surface area contributed by atoms with Gasteiger partial charge in [0.2, 0.25) is 5.91 Å². The van der Waals surface area contributed by atoms with Crippen LogP contribution in [0.15, 0.2) is 36.4 Å². The second-order valence-corrected chi connectivity index (χ2v) is 7.98. The zero-order valence-electron chi connectivity index (χ0n) is 16.7. The lowest BCUT2D eigenvalue weighted by Gasteiger charge is -2.26. The van der Waals surface area contributed by atoms with E-state index in [1.165, 1.54) is 17.0 Å². The Bertz CT molecular complexity index is 970. The number of halogens is 3. The number of hydrogen-bond acceptors (Lipinski definition) is 4. The van der Waals surface area contributed by atoms with Crippen LogP contribution in [0, 0.1) is 0 Å². The molecule has 1 heterocycles. The first kappa shape index (κ1) is 24.4. The second kappa shape index (κ2) is 9.54. The van der Waals surface area contributed by atoms with Gasteiger partial charge in [0.1, 0.15) is 0 Å². The number of rotatable bonds is 7. The molecule has 0 aliphatic carbocycles. The number of aliphatic hydroxyl groups is 1. The molecule has 1 atom stereocenters. The molecule has 2 aromatic carbocycles. The zero-order chi connectivity index (χ0) is 21.3. The molecule has 6 nitrogen and oxygen atoms in total. The van der Waals surface area contributed by atoms with Crippen LogP contribution in [0.1, 0.15) is 34.8 Å². The minimum absolute atomic E-state index is 0. The molecule has 2 aromatic rings. The molecule has 0 aromatic heterocycles. The molecule has 0 radical (unpaired) electrons. The molecule has 2 amide bonds. The van der Waals surface area contributed by atoms with Crippen LogP contribution in [0.2, 0.25) is 10.0 Å². The van der Waals surface area contributed by atoms with Gasteiger partial charge in [-0.3, -0.25) is 9.59 Å². The normalized spacial score (nSPS) is 17.8. The smallest absolute Gasteiger partial charge is 0.268 e. The topological polar surface area (TPSA) is 86.9 Å². The predicted octanol–water partition coefficient (Wildman–Crippen LogP) is 3.44. The third-order valence-electron chi connectivity index (χ3n) is 5.14. The lowest BCUT2D eigenvalue weighted by molar-refractivity contribution is -0.132. The molecule has 3 rings (SSSR count). The molecule has 162 valence electrons. The summed E-state index contributed by atoms with van der Waals surface area (Å²) in [5.74, 6) is -1.23. The van der Waals surface area contributed by atoms with Crippen molar-refractivity contribution in [2.24, 2.45) is 5.73 Å². The molecule has 9 heteroatoms. The van der Waals surface area contributed by atoms with Gasteiger partial charge in [-0.1, -0.05) is 48.3 Å². The van der Waals surface area contributed by atoms with Crippen molar-refractivity contribution in [2.45, 2.75) is 18.9 Å². The third-order valence-corrected chi connectivity index (χ3v) is 5.76. The lowest BCUT2D eigenvalue weighted by atomic mass is 9.87. The van der Waals surface area contributed by atoms with Gasteiger partial charge >= 0.3 is 0 Å². The fourth-order valence-electron chi connectivity index (χ4n) is 3.71. The standard InChI is InChI=1S/C21H23Cl2N3O3.ClH/c1-3-8-25(2)9-10-26-17-12-13(19(24)27)11-16(23)18(17)21(29,20(26)28)14-6-4-5-7-15(14)22;/h4-7,11-12,29H,3,8-10H2,1-2H3,(H2,24,27);1H. The van der Waals surface area contributed by atoms with Gasteiger partial charge in [-0.15, -0.1) is 12.4 Å². The average molecular weight is 473 g/mol. The number of amides is 2. The highest BCUT2D eigenvalue weighted by Gasteiger charge is 2.53. The summed E-state index contributed by atoms with van der Waals surface area (Å²) in [6.07, 6.45) is 0.974. The molecule has 0 saturated carbocycles. The van der Waals surface area contributed by atoms with Gasteiger partial charge in [-0.25, -0.2) is 0 Å². The summed E-state index contributed by atoms with van der Waals surface area (Å²) >= 11 is 12.8. The third kappa shape index (κ3) is 4.15. The highest BCUT2D eigenvalue weighted by atomic mass is 35.5. The number of primary amides is 1. The van der Waals surface area contributed by atoms with Crippen molar-refractivity contribution in [3.8, 4) is 0 Å². The van der Waals surface area contributed by atoms with E-state index in [1.54, 1.807) is 24.3 Å². The van der Waals surface area contributed by atoms with E-state index < -0.39 is 17.4 Å². The van der Waals surface area contributed by atoms with E-state index in [-0.39, 0.29) is 39.1 Å². The van der Waals surface area contributed by atoms with Crippen LogP contribution in [0.4, 0.5) is 5.69 Å². The molecule has 0 spiro atoms. The van der Waals surface area contributed by atoms with Crippen molar-refractivity contribution in [3.63, 3.8) is 0 Å². The van der Waals surface area contributed by atoms with Gasteiger partial charge < -0.3 is 20.6 Å². The number of carbonyl (C=O) groups excluding carboxylic acids is 2. The minimum Gasteiger partial charge on any atom is -0.372 e. The molecule has 1 unspecified atom stereocenters. The summed E-state index contributed by atoms with van der Waals surface area (Å²) in [4.78, 5) is 28.7. The second-order valence-electron chi connectivity index (χ2n) is 7.17. The summed E-state index contributed by atoms with van der Waals surface area (Å²) in [5.41, 5.74) is 4.36. The SMILES string of the molecule is CCCN(C)CCN1C(=O)C(O)(c2ccccc2Cl)c2c(Cl)cc(C(N)=O)cc21.Cl. The van der Waals surface area contributed by atoms with Crippen molar-refractivity contribution < 1.29 is 14.7 Å². The van der Waals surface area contributed by atoms with Gasteiger partial charge in [-0.05, 0) is 38.2 Å². The Morgan fingerprint density at radius 2 is 1.87 bits per heavy atom. The number of hydrogen-bond donors (Lipinski definition) is 2. The molecule has 0 fully saturated rings. The Morgan fingerprint density at radius 1 is 1.20 bits per heavy atom. The quantitative estimate of drug-likeness (QED) is 0.646. The van der Waals surface area contributed by atoms with Crippen molar-refractivity contribution in [1.29, 1.82) is 0 Å². The van der Waals surface area contributed by atoms with Gasteiger partial charge in [0.25, 0.3) is 5.91 Å². The molecule has 3 N–H and O–H groups in total. The van der Waals surface area contributed by atoms with Crippen LogP contribution in [-0.4, -0.2) is 48.5 Å². The first-order valence-corrected chi connectivity index (χ1v) is 10.1. The van der Waals surface area contributed by atoms with Gasteiger partial charge in [-0.2, -0.15) is 0 Å². The Hall–Kier alpha value is -1.83. The number of likely N-dealkylation sites (N-methyl/N-ethyl adjacent to an activating group) is 1. The van der Waals surface area contributed by atoms with Crippen LogP contribution in [0.25, 0.3) is 0 Å². The van der Waals surface area contributed by atoms with E-state index in [0.717, 1.165) is 13.0 Å². The number of nitrogens with zero attached hydrogens (tertiary/aromatic N) is 2. The number of nitrogens with two attached hydrogens (primary N) is 1. The van der Waals surface area contributed by atoms with Gasteiger partial charge in [0, 0.05) is 34.8 Å². The largest absolute Gasteiger partial charge is 0.372 e. The van der Waals surface area contributed by atoms with Crippen LogP contribution in [0.5, 0.6) is 0 Å². The van der Waals surface area contributed by atoms with Crippen molar-refractivity contribution >= 4 is 53.1 Å². The van der Waals surface area contributed by atoms with E-state index >= 15 is 0 Å². The number of benzene rings is 2. The maximum atomic E-state index is 13.5. The highest BCUT2D eigenvalue weighted by molar-refractivity contribution is 6.35. The maximum Gasteiger partial charge on any atom is 0.268 e. The van der Waals surface area contributed by atoms with E-state index in [0.29, 0.717) is 18.8 Å². The maximum absolute atomic E-state index is 13.5. The number of anilines is 1. The lowest BCUT2D eigenvalue weighted by Crippen LogP contribution is -2.44. The van der Waals surface area contributed by atoms with Crippen LogP contribution in [0.3, 0.4) is 0 Å². The number of fused-ring (bicyclic) bond motifs is 1. The summed E-state index contributed by atoms with van der Waals surface area (Å²) in [6, 6.07) is 9.46. The number of carbonyl (C=O) groups is 2. The van der Waals surface area contributed by atoms with Crippen molar-refractivity contribution in [2.75, 3.05) is 31.6 Å². The first-order chi connectivity index (χ1) is 13.7. The van der Waals surface area contributed by atoms with Crippen molar-refractivity contribution in [1.82, 2.24) is 4.90 Å². The van der Waals surface area contributed by atoms with E-state index in [2.05, 4.69) is 11.8 Å². The Morgan fingerprint density at radius 3 is 2.47 bits per heavy atom. The first-order valence-electron chi connectivity index (χ1n) is 9.33. The van der Waals surface area contributed by atoms with E-state index in [1.807, 2.05) is 7.05 Å². The van der Waals surface area contributed by atoms with Gasteiger partial charge in [0.15, 0.2) is 5.60 Å². The molecule has 30 heavy (non-hydrogen) atoms. The molecular weight excluding hydrogens is 449 g/mol. The van der Waals surface area contributed by atoms with Crippen molar-refractivity contribution in [3.05, 3.63) is 63.1 Å². The monoisotopic (exact) mass is 471 g/mol. The Balaban J connectivity index is 0.00000320. The molecule has 0 bridgehead atoms.